The SMILES string of the molecule is COc1ncc(Cl)cc1S(=O)(=O)Nc1nccc(C#CC2CNC3NNCC3N2)c1F. The van der Waals surface area contributed by atoms with Crippen LogP contribution in [0.1, 0.15) is 5.56 Å². The summed E-state index contributed by atoms with van der Waals surface area (Å²) in [5, 5.41) is 6.73. The highest BCUT2D eigenvalue weighted by Crippen LogP contribution is 2.27. The molecule has 0 aliphatic carbocycles. The van der Waals surface area contributed by atoms with Crippen molar-refractivity contribution in [3.05, 3.63) is 40.9 Å². The van der Waals surface area contributed by atoms with Gasteiger partial charge in [0, 0.05) is 25.5 Å². The summed E-state index contributed by atoms with van der Waals surface area (Å²) < 4.78 is 47.5. The van der Waals surface area contributed by atoms with E-state index in [-0.39, 0.29) is 39.6 Å². The molecular weight excluding hydrogens is 449 g/mol. The number of aromatic nitrogens is 2. The van der Waals surface area contributed by atoms with E-state index in [4.69, 9.17) is 16.3 Å². The van der Waals surface area contributed by atoms with E-state index in [0.717, 1.165) is 12.6 Å². The third-order valence-electron chi connectivity index (χ3n) is 4.71. The fourth-order valence-corrected chi connectivity index (χ4v) is 4.59. The number of anilines is 1. The maximum atomic E-state index is 14.9. The van der Waals surface area contributed by atoms with E-state index in [1.807, 2.05) is 0 Å². The molecule has 2 aromatic rings. The van der Waals surface area contributed by atoms with Crippen molar-refractivity contribution in [1.82, 2.24) is 31.5 Å². The third kappa shape index (κ3) is 4.72. The smallest absolute Gasteiger partial charge is 0.268 e. The molecule has 5 N–H and O–H groups in total. The van der Waals surface area contributed by atoms with Crippen molar-refractivity contribution in [2.75, 3.05) is 24.9 Å². The van der Waals surface area contributed by atoms with Crippen molar-refractivity contribution >= 4 is 27.4 Å². The zero-order chi connectivity index (χ0) is 22.0. The number of pyridine rings is 2. The number of fused-ring (bicyclic) bond motifs is 1. The van der Waals surface area contributed by atoms with Crippen molar-refractivity contribution in [3.63, 3.8) is 0 Å². The predicted molar refractivity (Wildman–Crippen MR) is 111 cm³/mol. The number of sulfonamides is 1. The lowest BCUT2D eigenvalue weighted by molar-refractivity contribution is 0.314. The van der Waals surface area contributed by atoms with Gasteiger partial charge < -0.3 is 4.74 Å². The first-order valence-corrected chi connectivity index (χ1v) is 11.1. The first kappa shape index (κ1) is 21.7. The molecule has 2 aliphatic rings. The van der Waals surface area contributed by atoms with Crippen LogP contribution in [0.15, 0.2) is 29.4 Å². The Morgan fingerprint density at radius 1 is 1.35 bits per heavy atom. The Kier molecular flexibility index (Phi) is 6.24. The van der Waals surface area contributed by atoms with Crippen LogP contribution in [-0.4, -0.2) is 56.8 Å². The Labute approximate surface area is 183 Å². The van der Waals surface area contributed by atoms with Gasteiger partial charge in [0.05, 0.1) is 35.9 Å². The molecule has 2 aromatic heterocycles. The molecule has 0 radical (unpaired) electrons. The zero-order valence-corrected chi connectivity index (χ0v) is 17.8. The number of methoxy groups -OCH3 is 1. The predicted octanol–water partition coefficient (Wildman–Crippen LogP) is -0.206. The summed E-state index contributed by atoms with van der Waals surface area (Å²) >= 11 is 5.85. The average molecular weight is 468 g/mol. The molecule has 3 unspecified atom stereocenters. The number of hydrogen-bond donors (Lipinski definition) is 5. The normalized spacial score (nSPS) is 22.9. The van der Waals surface area contributed by atoms with Gasteiger partial charge in [0.25, 0.3) is 10.0 Å². The maximum absolute atomic E-state index is 14.9. The first-order valence-electron chi connectivity index (χ1n) is 9.23. The topological polar surface area (TPSA) is 129 Å². The molecule has 0 amide bonds. The second-order valence-corrected chi connectivity index (χ2v) is 8.88. The van der Waals surface area contributed by atoms with Gasteiger partial charge in [0.1, 0.15) is 0 Å². The summed E-state index contributed by atoms with van der Waals surface area (Å²) in [5.74, 6) is 4.16. The molecular formula is C18H19ClFN7O3S. The molecule has 0 saturated carbocycles. The minimum absolute atomic E-state index is 0.00970. The number of nitrogens with one attached hydrogen (secondary N) is 5. The Hall–Kier alpha value is -2.53. The molecule has 10 nitrogen and oxygen atoms in total. The number of piperazine rings is 1. The minimum atomic E-state index is -4.27. The van der Waals surface area contributed by atoms with E-state index >= 15 is 0 Å². The molecule has 3 atom stereocenters. The Bertz CT molecular complexity index is 1150. The fourth-order valence-electron chi connectivity index (χ4n) is 3.21. The van der Waals surface area contributed by atoms with Crippen LogP contribution < -0.4 is 30.9 Å². The van der Waals surface area contributed by atoms with Crippen LogP contribution in [0.4, 0.5) is 10.2 Å². The molecule has 4 rings (SSSR count). The average Bonchev–Trinajstić information content (AvgIpc) is 3.22. The number of rotatable bonds is 4. The lowest BCUT2D eigenvalue weighted by Crippen LogP contribution is -2.62. The molecule has 2 saturated heterocycles. The van der Waals surface area contributed by atoms with E-state index in [2.05, 4.69) is 48.0 Å². The summed E-state index contributed by atoms with van der Waals surface area (Å²) in [4.78, 5) is 7.27. The number of ether oxygens (including phenoxy) is 1. The van der Waals surface area contributed by atoms with Crippen molar-refractivity contribution in [2.45, 2.75) is 23.1 Å². The van der Waals surface area contributed by atoms with Gasteiger partial charge in [-0.15, -0.1) is 0 Å². The molecule has 2 fully saturated rings. The number of halogens is 2. The summed E-state index contributed by atoms with van der Waals surface area (Å²) in [6.07, 6.45) is 2.61. The molecule has 4 heterocycles. The van der Waals surface area contributed by atoms with Crippen LogP contribution >= 0.6 is 11.6 Å². The number of nitrogens with zero attached hydrogens (tertiary/aromatic N) is 2. The standard InChI is InChI=1S/C18H19ClFN7O3S/c1-30-18-14(6-11(19)7-23-18)31(28,29)27-17-15(20)10(4-5-21-17)2-3-12-8-22-16-13(25-12)9-24-26-16/h4-7,12-13,16,22,24-26H,8-9H2,1H3,(H,21,27). The first-order chi connectivity index (χ1) is 14.9. The third-order valence-corrected chi connectivity index (χ3v) is 6.25. The quantitative estimate of drug-likeness (QED) is 0.388. The lowest BCUT2D eigenvalue weighted by Gasteiger charge is -2.30. The van der Waals surface area contributed by atoms with Crippen LogP contribution in [0, 0.1) is 17.7 Å². The van der Waals surface area contributed by atoms with Gasteiger partial charge in [0.15, 0.2) is 16.5 Å². The highest BCUT2D eigenvalue weighted by Gasteiger charge is 2.32. The van der Waals surface area contributed by atoms with Crippen molar-refractivity contribution in [1.29, 1.82) is 0 Å². The summed E-state index contributed by atoms with van der Waals surface area (Å²) in [6, 6.07) is 2.48. The molecule has 0 aromatic carbocycles. The van der Waals surface area contributed by atoms with Gasteiger partial charge >= 0.3 is 0 Å². The van der Waals surface area contributed by atoms with Gasteiger partial charge in [-0.25, -0.2) is 28.2 Å². The highest BCUT2D eigenvalue weighted by atomic mass is 35.5. The molecule has 2 aliphatic heterocycles. The Morgan fingerprint density at radius 3 is 3.00 bits per heavy atom. The molecule has 13 heteroatoms. The Morgan fingerprint density at radius 2 is 2.19 bits per heavy atom. The molecule has 0 spiro atoms. The monoisotopic (exact) mass is 467 g/mol. The lowest BCUT2D eigenvalue weighted by atomic mass is 10.1. The van der Waals surface area contributed by atoms with Gasteiger partial charge in [0.2, 0.25) is 5.88 Å². The van der Waals surface area contributed by atoms with Crippen LogP contribution in [0.5, 0.6) is 5.88 Å². The second-order valence-electron chi connectivity index (χ2n) is 6.79. The van der Waals surface area contributed by atoms with Crippen molar-refractivity contribution < 1.29 is 17.5 Å². The van der Waals surface area contributed by atoms with Crippen LogP contribution in [0.3, 0.4) is 0 Å². The molecule has 31 heavy (non-hydrogen) atoms. The van der Waals surface area contributed by atoms with E-state index in [0.29, 0.717) is 6.54 Å². The zero-order valence-electron chi connectivity index (χ0n) is 16.2. The minimum Gasteiger partial charge on any atom is -0.480 e. The van der Waals surface area contributed by atoms with Crippen LogP contribution in [0.2, 0.25) is 5.02 Å². The number of hydrogen-bond acceptors (Lipinski definition) is 9. The number of hydrazine groups is 1. The summed E-state index contributed by atoms with van der Waals surface area (Å²) in [7, 11) is -3.01. The van der Waals surface area contributed by atoms with Gasteiger partial charge in [-0.1, -0.05) is 23.4 Å². The summed E-state index contributed by atoms with van der Waals surface area (Å²) in [5.41, 5.74) is 6.14. The highest BCUT2D eigenvalue weighted by molar-refractivity contribution is 7.92. The van der Waals surface area contributed by atoms with Gasteiger partial charge in [-0.3, -0.25) is 20.8 Å². The van der Waals surface area contributed by atoms with E-state index in [9.17, 15) is 12.8 Å². The van der Waals surface area contributed by atoms with Crippen molar-refractivity contribution in [3.8, 4) is 17.7 Å². The van der Waals surface area contributed by atoms with Gasteiger partial charge in [-0.2, -0.15) is 0 Å². The molecule has 164 valence electrons. The summed E-state index contributed by atoms with van der Waals surface area (Å²) in [6.45, 7) is 1.30. The van der Waals surface area contributed by atoms with Gasteiger partial charge in [-0.05, 0) is 12.1 Å². The van der Waals surface area contributed by atoms with Crippen LogP contribution in [-0.2, 0) is 10.0 Å². The van der Waals surface area contributed by atoms with E-state index < -0.39 is 21.7 Å². The largest absolute Gasteiger partial charge is 0.480 e. The van der Waals surface area contributed by atoms with E-state index in [1.54, 1.807) is 0 Å². The van der Waals surface area contributed by atoms with Crippen molar-refractivity contribution in [2.24, 2.45) is 0 Å². The second kappa shape index (κ2) is 8.91. The fraction of sp³-hybridized carbons (Fsp3) is 0.333. The molecule has 0 bridgehead atoms. The van der Waals surface area contributed by atoms with E-state index in [1.165, 1.54) is 25.6 Å². The van der Waals surface area contributed by atoms with Crippen LogP contribution in [0.25, 0.3) is 0 Å². The maximum Gasteiger partial charge on any atom is 0.268 e. The Balaban J connectivity index is 1.55.